The van der Waals surface area contributed by atoms with Gasteiger partial charge in [-0.3, -0.25) is 4.79 Å². The molecular weight excluding hydrogens is 218 g/mol. The van der Waals surface area contributed by atoms with Gasteiger partial charge in [0.05, 0.1) is 13.4 Å². The van der Waals surface area contributed by atoms with Crippen LogP contribution in [-0.2, 0) is 9.53 Å². The zero-order chi connectivity index (χ0) is 12.5. The highest BCUT2D eigenvalue weighted by Crippen LogP contribution is 2.54. The number of carbonyl (C=O) groups is 1. The van der Waals surface area contributed by atoms with E-state index in [1.807, 2.05) is 25.1 Å². The number of hydrogen-bond acceptors (Lipinski definition) is 4. The molecule has 1 saturated carbocycles. The van der Waals surface area contributed by atoms with Gasteiger partial charge in [0.1, 0.15) is 11.8 Å². The minimum atomic E-state index is -0.585. The van der Waals surface area contributed by atoms with Gasteiger partial charge in [-0.15, -0.1) is 0 Å². The lowest BCUT2D eigenvalue weighted by atomic mass is 9.88. The van der Waals surface area contributed by atoms with Gasteiger partial charge in [-0.25, -0.2) is 0 Å². The molecule has 1 heterocycles. The number of esters is 1. The molecule has 4 nitrogen and oxygen atoms in total. The van der Waals surface area contributed by atoms with Crippen LogP contribution >= 0.6 is 0 Å². The van der Waals surface area contributed by atoms with E-state index < -0.39 is 6.04 Å². The molecule has 92 valence electrons. The Labute approximate surface area is 100 Å². The number of nitrogens with two attached hydrogens (primary N) is 1. The molecule has 2 N–H and O–H groups in total. The van der Waals surface area contributed by atoms with Gasteiger partial charge in [-0.1, -0.05) is 5.57 Å². The van der Waals surface area contributed by atoms with Crippen LogP contribution in [0.4, 0.5) is 0 Å². The van der Waals surface area contributed by atoms with Crippen LogP contribution in [0.25, 0.3) is 6.08 Å². The molecule has 1 atom stereocenters. The molecule has 17 heavy (non-hydrogen) atoms. The van der Waals surface area contributed by atoms with Gasteiger partial charge in [0, 0.05) is 5.41 Å². The molecule has 0 aromatic carbocycles. The summed E-state index contributed by atoms with van der Waals surface area (Å²) in [6.07, 6.45) is 5.41. The van der Waals surface area contributed by atoms with Crippen LogP contribution in [0.5, 0.6) is 0 Å². The molecule has 0 spiro atoms. The maximum atomic E-state index is 11.5. The third-order valence-electron chi connectivity index (χ3n) is 3.53. The average molecular weight is 235 g/mol. The number of hydrogen-bond donors (Lipinski definition) is 1. The summed E-state index contributed by atoms with van der Waals surface area (Å²) in [6.45, 7) is 1.98. The Bertz CT molecular complexity index is 430. The van der Waals surface area contributed by atoms with E-state index in [9.17, 15) is 4.79 Å². The van der Waals surface area contributed by atoms with E-state index in [-0.39, 0.29) is 11.4 Å². The van der Waals surface area contributed by atoms with Gasteiger partial charge in [0.15, 0.2) is 0 Å². The molecule has 1 fully saturated rings. The van der Waals surface area contributed by atoms with Gasteiger partial charge < -0.3 is 14.9 Å². The second-order valence-electron chi connectivity index (χ2n) is 4.50. The fourth-order valence-electron chi connectivity index (χ4n) is 2.17. The zero-order valence-electron chi connectivity index (χ0n) is 10.1. The SMILES string of the molecule is COC(=O)C(N)C1(/C(C)=C/c2ccco2)CC1. The van der Waals surface area contributed by atoms with Crippen molar-refractivity contribution in [2.75, 3.05) is 7.11 Å². The predicted octanol–water partition coefficient (Wildman–Crippen LogP) is 1.96. The second kappa shape index (κ2) is 4.37. The van der Waals surface area contributed by atoms with E-state index in [0.717, 1.165) is 24.2 Å². The highest BCUT2D eigenvalue weighted by atomic mass is 16.5. The fourth-order valence-corrected chi connectivity index (χ4v) is 2.17. The van der Waals surface area contributed by atoms with Crippen molar-refractivity contribution in [2.45, 2.75) is 25.8 Å². The first-order chi connectivity index (χ1) is 8.10. The molecule has 1 aromatic rings. The summed E-state index contributed by atoms with van der Waals surface area (Å²) in [5, 5.41) is 0. The first-order valence-corrected chi connectivity index (χ1v) is 5.66. The zero-order valence-corrected chi connectivity index (χ0v) is 10.1. The van der Waals surface area contributed by atoms with Crippen molar-refractivity contribution in [3.63, 3.8) is 0 Å². The van der Waals surface area contributed by atoms with Crippen LogP contribution in [-0.4, -0.2) is 19.1 Å². The number of ether oxygens (including phenoxy) is 1. The van der Waals surface area contributed by atoms with Crippen molar-refractivity contribution in [3.05, 3.63) is 29.7 Å². The van der Waals surface area contributed by atoms with Crippen LogP contribution in [0.2, 0.25) is 0 Å². The quantitative estimate of drug-likeness (QED) is 0.810. The van der Waals surface area contributed by atoms with E-state index in [1.54, 1.807) is 6.26 Å². The fraction of sp³-hybridized carbons (Fsp3) is 0.462. The minimum Gasteiger partial charge on any atom is -0.468 e. The predicted molar refractivity (Wildman–Crippen MR) is 64.0 cm³/mol. The summed E-state index contributed by atoms with van der Waals surface area (Å²) in [5.41, 5.74) is 6.79. The largest absolute Gasteiger partial charge is 0.468 e. The van der Waals surface area contributed by atoms with Crippen molar-refractivity contribution in [1.29, 1.82) is 0 Å². The van der Waals surface area contributed by atoms with Gasteiger partial charge in [0.25, 0.3) is 0 Å². The third kappa shape index (κ3) is 2.13. The molecular formula is C13H17NO3. The number of furan rings is 1. The van der Waals surface area contributed by atoms with Gasteiger partial charge in [-0.05, 0) is 38.0 Å². The van der Waals surface area contributed by atoms with Crippen LogP contribution in [0.1, 0.15) is 25.5 Å². The number of methoxy groups -OCH3 is 1. The van der Waals surface area contributed by atoms with Crippen molar-refractivity contribution >= 4 is 12.0 Å². The number of carbonyl (C=O) groups excluding carboxylic acids is 1. The Balaban J connectivity index is 2.19. The van der Waals surface area contributed by atoms with Crippen molar-refractivity contribution in [1.82, 2.24) is 0 Å². The molecule has 1 aliphatic carbocycles. The van der Waals surface area contributed by atoms with Crippen molar-refractivity contribution in [3.8, 4) is 0 Å². The first kappa shape index (κ1) is 11.9. The summed E-state index contributed by atoms with van der Waals surface area (Å²) in [4.78, 5) is 11.5. The Kier molecular flexibility index (Phi) is 3.07. The molecule has 4 heteroatoms. The summed E-state index contributed by atoms with van der Waals surface area (Å²) in [7, 11) is 1.36. The third-order valence-corrected chi connectivity index (χ3v) is 3.53. The van der Waals surface area contributed by atoms with E-state index in [2.05, 4.69) is 0 Å². The van der Waals surface area contributed by atoms with Crippen LogP contribution in [0.15, 0.2) is 28.4 Å². The normalized spacial score (nSPS) is 19.8. The maximum Gasteiger partial charge on any atom is 0.323 e. The minimum absolute atomic E-state index is 0.236. The van der Waals surface area contributed by atoms with Gasteiger partial charge in [-0.2, -0.15) is 0 Å². The topological polar surface area (TPSA) is 65.5 Å². The lowest BCUT2D eigenvalue weighted by Crippen LogP contribution is -2.41. The molecule has 1 aromatic heterocycles. The standard InChI is InChI=1S/C13H17NO3/c1-9(8-10-4-3-7-17-10)13(5-6-13)11(14)12(15)16-2/h3-4,7-8,11H,5-6,14H2,1-2H3/b9-8+. The molecule has 0 bridgehead atoms. The Morgan fingerprint density at radius 2 is 2.35 bits per heavy atom. The van der Waals surface area contributed by atoms with Crippen molar-refractivity contribution in [2.24, 2.45) is 11.1 Å². The van der Waals surface area contributed by atoms with Gasteiger partial charge in [0.2, 0.25) is 0 Å². The summed E-state index contributed by atoms with van der Waals surface area (Å²) in [5.74, 6) is 0.431. The summed E-state index contributed by atoms with van der Waals surface area (Å²) in [6, 6.07) is 3.13. The summed E-state index contributed by atoms with van der Waals surface area (Å²) >= 11 is 0. The average Bonchev–Trinajstić information content (AvgIpc) is 3.00. The van der Waals surface area contributed by atoms with Crippen molar-refractivity contribution < 1.29 is 13.9 Å². The van der Waals surface area contributed by atoms with E-state index in [1.165, 1.54) is 7.11 Å². The van der Waals surface area contributed by atoms with Gasteiger partial charge >= 0.3 is 5.97 Å². The first-order valence-electron chi connectivity index (χ1n) is 5.66. The lowest BCUT2D eigenvalue weighted by molar-refractivity contribution is -0.143. The Hall–Kier alpha value is -1.55. The molecule has 1 unspecified atom stereocenters. The molecule has 0 amide bonds. The molecule has 0 radical (unpaired) electrons. The molecule has 0 saturated heterocycles. The van der Waals surface area contributed by atoms with E-state index >= 15 is 0 Å². The molecule has 1 aliphatic rings. The van der Waals surface area contributed by atoms with Crippen LogP contribution < -0.4 is 5.73 Å². The highest BCUT2D eigenvalue weighted by Gasteiger charge is 2.52. The lowest BCUT2D eigenvalue weighted by Gasteiger charge is -2.21. The second-order valence-corrected chi connectivity index (χ2v) is 4.50. The molecule has 0 aliphatic heterocycles. The Morgan fingerprint density at radius 3 is 2.82 bits per heavy atom. The van der Waals surface area contributed by atoms with Crippen LogP contribution in [0.3, 0.4) is 0 Å². The number of rotatable bonds is 4. The smallest absolute Gasteiger partial charge is 0.323 e. The summed E-state index contributed by atoms with van der Waals surface area (Å²) < 4.78 is 9.97. The Morgan fingerprint density at radius 1 is 1.65 bits per heavy atom. The van der Waals surface area contributed by atoms with E-state index in [0.29, 0.717) is 0 Å². The molecule has 2 rings (SSSR count). The van der Waals surface area contributed by atoms with E-state index in [4.69, 9.17) is 14.9 Å². The maximum absolute atomic E-state index is 11.5. The van der Waals surface area contributed by atoms with Crippen LogP contribution in [0, 0.1) is 5.41 Å². The monoisotopic (exact) mass is 235 g/mol. The highest BCUT2D eigenvalue weighted by molar-refractivity contribution is 5.78.